The van der Waals surface area contributed by atoms with Gasteiger partial charge < -0.3 is 10.1 Å². The highest BCUT2D eigenvalue weighted by atomic mass is 32.2. The van der Waals surface area contributed by atoms with Crippen molar-refractivity contribution in [3.8, 4) is 5.75 Å². The van der Waals surface area contributed by atoms with Crippen LogP contribution < -0.4 is 10.1 Å². The number of anilines is 2. The van der Waals surface area contributed by atoms with E-state index < -0.39 is 0 Å². The van der Waals surface area contributed by atoms with E-state index in [0.717, 1.165) is 33.1 Å². The minimum Gasteiger partial charge on any atom is -0.488 e. The largest absolute Gasteiger partial charge is 0.488 e. The number of carbonyl (C=O) groups is 1. The van der Waals surface area contributed by atoms with Crippen LogP contribution in [0.1, 0.15) is 21.5 Å². The monoisotopic (exact) mass is 435 g/mol. The molecule has 0 bridgehead atoms. The quantitative estimate of drug-likeness (QED) is 0.223. The molecule has 5 rings (SSSR count). The Balaban J connectivity index is 1.31. The third-order valence-corrected chi connectivity index (χ3v) is 6.36. The minimum atomic E-state index is -0.0451. The van der Waals surface area contributed by atoms with Crippen LogP contribution in [0.15, 0.2) is 113 Å². The van der Waals surface area contributed by atoms with Crippen LogP contribution in [0.3, 0.4) is 0 Å². The lowest BCUT2D eigenvalue weighted by atomic mass is 10.1. The predicted molar refractivity (Wildman–Crippen MR) is 131 cm³/mol. The van der Waals surface area contributed by atoms with E-state index in [2.05, 4.69) is 11.4 Å². The molecule has 1 N–H and O–H groups in total. The molecule has 4 heteroatoms. The van der Waals surface area contributed by atoms with Gasteiger partial charge in [0.05, 0.1) is 11.4 Å². The highest BCUT2D eigenvalue weighted by molar-refractivity contribution is 7.99. The van der Waals surface area contributed by atoms with E-state index in [-0.39, 0.29) is 5.78 Å². The highest BCUT2D eigenvalue weighted by Gasteiger charge is 2.16. The van der Waals surface area contributed by atoms with Crippen molar-refractivity contribution in [2.45, 2.75) is 16.4 Å². The molecule has 4 aromatic rings. The molecule has 1 aliphatic heterocycles. The summed E-state index contributed by atoms with van der Waals surface area (Å²) in [5.41, 5.74) is 4.64. The second-order valence-corrected chi connectivity index (χ2v) is 8.53. The summed E-state index contributed by atoms with van der Waals surface area (Å²) in [6.45, 7) is 0.481. The lowest BCUT2D eigenvalue weighted by Crippen LogP contribution is -2.02. The number of fused-ring (bicyclic) bond motifs is 2. The highest BCUT2D eigenvalue weighted by Crippen LogP contribution is 2.44. The van der Waals surface area contributed by atoms with Gasteiger partial charge in [0.15, 0.2) is 5.78 Å². The first-order valence-electron chi connectivity index (χ1n) is 10.4. The van der Waals surface area contributed by atoms with Crippen LogP contribution in [0.25, 0.3) is 6.08 Å². The van der Waals surface area contributed by atoms with Gasteiger partial charge in [-0.15, -0.1) is 0 Å². The lowest BCUT2D eigenvalue weighted by Gasteiger charge is -2.20. The van der Waals surface area contributed by atoms with Gasteiger partial charge in [-0.25, -0.2) is 0 Å². The first-order chi connectivity index (χ1) is 15.8. The maximum Gasteiger partial charge on any atom is 0.185 e. The van der Waals surface area contributed by atoms with Gasteiger partial charge >= 0.3 is 0 Å². The number of hydrogen-bond donors (Lipinski definition) is 1. The number of ether oxygens (including phenoxy) is 1. The van der Waals surface area contributed by atoms with E-state index in [1.54, 1.807) is 17.8 Å². The van der Waals surface area contributed by atoms with E-state index in [0.29, 0.717) is 12.2 Å². The number of ketones is 1. The Morgan fingerprint density at radius 1 is 0.812 bits per heavy atom. The van der Waals surface area contributed by atoms with Crippen LogP contribution in [-0.4, -0.2) is 5.78 Å². The molecule has 0 fully saturated rings. The van der Waals surface area contributed by atoms with E-state index in [1.807, 2.05) is 97.1 Å². The molecule has 0 spiro atoms. The zero-order chi connectivity index (χ0) is 21.8. The fourth-order valence-electron chi connectivity index (χ4n) is 3.54. The summed E-state index contributed by atoms with van der Waals surface area (Å²) in [5.74, 6) is 0.705. The van der Waals surface area contributed by atoms with Gasteiger partial charge in [0.25, 0.3) is 0 Å². The average Bonchev–Trinajstić information content (AvgIpc) is 2.85. The van der Waals surface area contributed by atoms with Gasteiger partial charge in [-0.1, -0.05) is 72.4 Å². The maximum atomic E-state index is 12.9. The second kappa shape index (κ2) is 9.16. The molecule has 0 aliphatic carbocycles. The zero-order valence-corrected chi connectivity index (χ0v) is 18.1. The Labute approximate surface area is 191 Å². The molecule has 0 atom stereocenters. The standard InChI is InChI=1S/C28H21NO2S/c30-25(22-15-17-28-24(18-22)29-23-11-5-7-13-27(23)32-28)16-14-21-10-4-6-12-26(21)31-19-20-8-2-1-3-9-20/h1-18,29H,19H2/b16-14+. The molecule has 0 amide bonds. The fraction of sp³-hybridized carbons (Fsp3) is 0.0357. The lowest BCUT2D eigenvalue weighted by molar-refractivity contribution is 0.104. The van der Waals surface area contributed by atoms with Crippen molar-refractivity contribution in [3.63, 3.8) is 0 Å². The van der Waals surface area contributed by atoms with Crippen molar-refractivity contribution in [3.05, 3.63) is 120 Å². The number of carbonyl (C=O) groups excluding carboxylic acids is 1. The molecule has 32 heavy (non-hydrogen) atoms. The smallest absolute Gasteiger partial charge is 0.185 e. The topological polar surface area (TPSA) is 38.3 Å². The predicted octanol–water partition coefficient (Wildman–Crippen LogP) is 7.37. The zero-order valence-electron chi connectivity index (χ0n) is 17.3. The number of allylic oxidation sites excluding steroid dienone is 1. The van der Waals surface area contributed by atoms with Crippen LogP contribution in [0.4, 0.5) is 11.4 Å². The van der Waals surface area contributed by atoms with Crippen LogP contribution in [-0.2, 0) is 6.61 Å². The fourth-order valence-corrected chi connectivity index (χ4v) is 4.51. The summed E-state index contributed by atoms with van der Waals surface area (Å²) in [7, 11) is 0. The second-order valence-electron chi connectivity index (χ2n) is 7.44. The Hall–Kier alpha value is -3.76. The Kier molecular flexibility index (Phi) is 5.77. The average molecular weight is 436 g/mol. The summed E-state index contributed by atoms with van der Waals surface area (Å²) in [5, 5.41) is 3.43. The molecule has 0 saturated carbocycles. The summed E-state index contributed by atoms with van der Waals surface area (Å²) in [4.78, 5) is 15.2. The molecule has 0 radical (unpaired) electrons. The number of benzene rings is 4. The third-order valence-electron chi connectivity index (χ3n) is 5.21. The third kappa shape index (κ3) is 4.46. The van der Waals surface area contributed by atoms with Gasteiger partial charge in [0.1, 0.15) is 12.4 Å². The Morgan fingerprint density at radius 3 is 2.47 bits per heavy atom. The van der Waals surface area contributed by atoms with E-state index in [4.69, 9.17) is 4.74 Å². The van der Waals surface area contributed by atoms with Crippen molar-refractivity contribution in [2.75, 3.05) is 5.32 Å². The van der Waals surface area contributed by atoms with E-state index in [1.165, 1.54) is 4.90 Å². The Bertz CT molecular complexity index is 1300. The normalized spacial score (nSPS) is 12.0. The summed E-state index contributed by atoms with van der Waals surface area (Å²) in [6, 6.07) is 31.8. The summed E-state index contributed by atoms with van der Waals surface area (Å²) < 4.78 is 5.99. The van der Waals surface area contributed by atoms with E-state index >= 15 is 0 Å². The van der Waals surface area contributed by atoms with Gasteiger partial charge in [-0.05, 0) is 54.1 Å². The van der Waals surface area contributed by atoms with Crippen molar-refractivity contribution in [1.82, 2.24) is 0 Å². The molecule has 1 heterocycles. The van der Waals surface area contributed by atoms with E-state index in [9.17, 15) is 4.79 Å². The SMILES string of the molecule is O=C(/C=C/c1ccccc1OCc1ccccc1)c1ccc2c(c1)Nc1ccccc1S2. The molecule has 0 saturated heterocycles. The minimum absolute atomic E-state index is 0.0451. The maximum absolute atomic E-state index is 12.9. The number of hydrogen-bond acceptors (Lipinski definition) is 4. The van der Waals surface area contributed by atoms with Crippen molar-refractivity contribution < 1.29 is 9.53 Å². The molecule has 3 nitrogen and oxygen atoms in total. The van der Waals surface area contributed by atoms with Crippen LogP contribution in [0.2, 0.25) is 0 Å². The number of nitrogens with one attached hydrogen (secondary N) is 1. The van der Waals surface area contributed by atoms with Crippen molar-refractivity contribution in [2.24, 2.45) is 0 Å². The van der Waals surface area contributed by atoms with Gasteiger partial charge in [0.2, 0.25) is 0 Å². The molecule has 0 aromatic heterocycles. The number of para-hydroxylation sites is 2. The molecule has 4 aromatic carbocycles. The van der Waals surface area contributed by atoms with Crippen LogP contribution in [0.5, 0.6) is 5.75 Å². The van der Waals surface area contributed by atoms with Crippen LogP contribution in [0, 0.1) is 0 Å². The van der Waals surface area contributed by atoms with Gasteiger partial charge in [-0.3, -0.25) is 4.79 Å². The molecule has 156 valence electrons. The summed E-state index contributed by atoms with van der Waals surface area (Å²) in [6.07, 6.45) is 3.43. The molecular weight excluding hydrogens is 414 g/mol. The van der Waals surface area contributed by atoms with Crippen LogP contribution >= 0.6 is 11.8 Å². The Morgan fingerprint density at radius 2 is 1.56 bits per heavy atom. The van der Waals surface area contributed by atoms with Gasteiger partial charge in [-0.2, -0.15) is 0 Å². The molecule has 0 unspecified atom stereocenters. The number of rotatable bonds is 6. The molecular formula is C28H21NO2S. The van der Waals surface area contributed by atoms with Crippen molar-refractivity contribution in [1.29, 1.82) is 0 Å². The van der Waals surface area contributed by atoms with Crippen molar-refractivity contribution >= 4 is 35.0 Å². The first kappa shape index (κ1) is 20.2. The van der Waals surface area contributed by atoms with Gasteiger partial charge in [0, 0.05) is 20.9 Å². The molecule has 1 aliphatic rings. The summed E-state index contributed by atoms with van der Waals surface area (Å²) >= 11 is 1.71. The first-order valence-corrected chi connectivity index (χ1v) is 11.2.